The van der Waals surface area contributed by atoms with Crippen LogP contribution in [-0.4, -0.2) is 225 Å². The number of carboxylic acids is 2. The number of quaternary nitrogens is 2. The van der Waals surface area contributed by atoms with E-state index in [-0.39, 0.29) is 64.1 Å². The topological polar surface area (TPSA) is 528 Å². The molecule has 80 heavy (non-hydrogen) atoms. The minimum absolute atomic E-state index is 0.0342. The zero-order valence-electron chi connectivity index (χ0n) is 46.2. The third-order valence-corrected chi connectivity index (χ3v) is 13.6. The van der Waals surface area contributed by atoms with E-state index in [4.69, 9.17) is 11.5 Å². The van der Waals surface area contributed by atoms with E-state index in [1.807, 2.05) is 0 Å². The van der Waals surface area contributed by atoms with Crippen LogP contribution in [0.4, 0.5) is 0 Å². The quantitative estimate of drug-likeness (QED) is 0.0207. The number of likely N-dealkylation sites (tertiary alicyclic amines) is 2. The van der Waals surface area contributed by atoms with Crippen LogP contribution in [0.25, 0.3) is 0 Å². The molecule has 0 unspecified atom stereocenters. The van der Waals surface area contributed by atoms with E-state index in [2.05, 4.69) is 59.3 Å². The van der Waals surface area contributed by atoms with Gasteiger partial charge in [0.2, 0.25) is 53.2 Å². The summed E-state index contributed by atoms with van der Waals surface area (Å²) in [4.78, 5) is 162. The van der Waals surface area contributed by atoms with Gasteiger partial charge in [-0.1, -0.05) is 20.3 Å². The summed E-state index contributed by atoms with van der Waals surface area (Å²) in [5, 5.41) is 72.0. The highest BCUT2D eigenvalue weighted by Crippen LogP contribution is 2.21. The van der Waals surface area contributed by atoms with E-state index in [0.717, 1.165) is 6.92 Å². The standard InChI is InChI=1S/C48H85N15O17/c1-6-23(2)35(60-39(71)31(22-65)59-42(74)33-15-10-18-62(33)45(77)24(3)50)43(75)57-29(20-34(67)68)38(70)55-27(13-9-17-53-48(51)52)37(69)58-30(21-64)40(72)61-36(26(5)66)44(76)56-28(12-7-8-16-49)46(78)63-19-11-14-32(63)41(73)54-25(4)47(79)80/h23-33,35-36,48,53,64-66H,6-22,49-52H2,1-5H3,(H,54,73)(H,55,70)(H,56,76)(H,57,75)(H,58,69)(H,59,74)(H,60,71)(H,61,72)(H,67,68)(H,79,80)/p+2/t23-,24-,25-,26+,27-,28-,29-,30-,31-,32-,33-,35-,36-/m0/s1. The molecule has 2 aliphatic rings. The van der Waals surface area contributed by atoms with Crippen molar-refractivity contribution in [2.24, 2.45) is 17.4 Å². The monoisotopic (exact) mass is 1150 g/mol. The zero-order valence-corrected chi connectivity index (χ0v) is 46.2. The van der Waals surface area contributed by atoms with Gasteiger partial charge in [0, 0.05) is 13.1 Å². The molecular weight excluding hydrogens is 1060 g/mol. The van der Waals surface area contributed by atoms with Gasteiger partial charge in [-0.05, 0) is 91.0 Å². The SMILES string of the molecule is CC[C@H](C)[C@H](NC(=O)[C@H](CO)NC(=O)[C@@H]1CCCN1C(=O)[C@H](C)[NH3+])C(=O)N[C@@H](CC(=O)O)C(=O)N[C@@H](CCCNC(N)N)C(=O)N[C@@H](CO)C(=O)N[C@H](C(=O)N[C@@H](CCCC[NH3+])C(=O)N1CCC[C@H]1C(=O)N[C@@H](C)C(=O)O)[C@@H](C)O. The Hall–Kier alpha value is -6.68. The summed E-state index contributed by atoms with van der Waals surface area (Å²) in [6.07, 6.45) is -1.46. The third kappa shape index (κ3) is 21.8. The summed E-state index contributed by atoms with van der Waals surface area (Å²) in [5.74, 6) is -12.9. The fourth-order valence-corrected chi connectivity index (χ4v) is 8.81. The van der Waals surface area contributed by atoms with Crippen LogP contribution < -0.4 is 70.8 Å². The predicted molar refractivity (Wildman–Crippen MR) is 279 cm³/mol. The summed E-state index contributed by atoms with van der Waals surface area (Å²) in [6, 6.07) is -15.7. The number of carboxylic acid groups (broad SMARTS) is 2. The normalized spacial score (nSPS) is 19.3. The second-order valence-electron chi connectivity index (χ2n) is 20.2. The van der Waals surface area contributed by atoms with Crippen LogP contribution in [0.3, 0.4) is 0 Å². The van der Waals surface area contributed by atoms with Gasteiger partial charge < -0.3 is 101 Å². The van der Waals surface area contributed by atoms with Crippen molar-refractivity contribution in [2.45, 2.75) is 184 Å². The highest BCUT2D eigenvalue weighted by molar-refractivity contribution is 5.99. The highest BCUT2D eigenvalue weighted by Gasteiger charge is 2.42. The summed E-state index contributed by atoms with van der Waals surface area (Å²) in [7, 11) is 0. The fraction of sp³-hybridized carbons (Fsp3) is 0.750. The van der Waals surface area contributed by atoms with Crippen molar-refractivity contribution in [1.29, 1.82) is 0 Å². The van der Waals surface area contributed by atoms with Gasteiger partial charge in [-0.2, -0.15) is 0 Å². The number of unbranched alkanes of at least 4 members (excludes halogenated alkanes) is 1. The Morgan fingerprint density at radius 2 is 1.05 bits per heavy atom. The Morgan fingerprint density at radius 3 is 1.55 bits per heavy atom. The lowest BCUT2D eigenvalue weighted by molar-refractivity contribution is -0.400. The molecular formula is C48H87N15O17+2. The molecule has 32 heteroatoms. The minimum Gasteiger partial charge on any atom is -0.481 e. The zero-order chi connectivity index (χ0) is 60.6. The number of nitrogens with zero attached hydrogens (tertiary/aromatic N) is 2. The molecule has 0 radical (unpaired) electrons. The first-order valence-electron chi connectivity index (χ1n) is 26.9. The lowest BCUT2D eigenvalue weighted by Gasteiger charge is -2.31. The van der Waals surface area contributed by atoms with Gasteiger partial charge in [-0.3, -0.25) is 62.9 Å². The van der Waals surface area contributed by atoms with E-state index >= 15 is 0 Å². The second kappa shape index (κ2) is 34.5. The maximum Gasteiger partial charge on any atom is 0.325 e. The molecule has 2 rings (SSSR count). The Labute approximate surface area is 463 Å². The smallest absolute Gasteiger partial charge is 0.325 e. The molecule has 10 amide bonds. The van der Waals surface area contributed by atoms with Crippen molar-refractivity contribution in [2.75, 3.05) is 39.4 Å². The Balaban J connectivity index is 2.35. The first-order chi connectivity index (χ1) is 37.6. The van der Waals surface area contributed by atoms with Crippen LogP contribution in [0.1, 0.15) is 105 Å². The van der Waals surface area contributed by atoms with Gasteiger partial charge in [0.15, 0.2) is 6.04 Å². The summed E-state index contributed by atoms with van der Waals surface area (Å²) in [6.45, 7) is 5.97. The average molecular weight is 1150 g/mol. The van der Waals surface area contributed by atoms with Gasteiger partial charge in [-0.25, -0.2) is 0 Å². The van der Waals surface area contributed by atoms with E-state index in [0.29, 0.717) is 32.2 Å². The summed E-state index contributed by atoms with van der Waals surface area (Å²) in [5.41, 5.74) is 18.6. The fourth-order valence-electron chi connectivity index (χ4n) is 8.81. The molecule has 32 nitrogen and oxygen atoms in total. The lowest BCUT2D eigenvalue weighted by atomic mass is 9.97. The number of aliphatic hydroxyl groups is 3. The third-order valence-electron chi connectivity index (χ3n) is 13.6. The minimum atomic E-state index is -1.94. The van der Waals surface area contributed by atoms with Gasteiger partial charge in [0.1, 0.15) is 66.7 Å². The number of carbonyl (C=O) groups excluding carboxylic acids is 10. The van der Waals surface area contributed by atoms with Gasteiger partial charge in [0.25, 0.3) is 5.91 Å². The van der Waals surface area contributed by atoms with E-state index in [9.17, 15) is 83.1 Å². The average Bonchev–Trinajstić information content (AvgIpc) is 4.11. The maximum absolute atomic E-state index is 14.0. The molecule has 0 aromatic carbocycles. The Morgan fingerprint density at radius 1 is 0.588 bits per heavy atom. The van der Waals surface area contributed by atoms with E-state index in [1.165, 1.54) is 16.7 Å². The van der Waals surface area contributed by atoms with Crippen LogP contribution in [0.15, 0.2) is 0 Å². The largest absolute Gasteiger partial charge is 0.481 e. The highest BCUT2D eigenvalue weighted by atomic mass is 16.4. The number of hydrogen-bond donors (Lipinski definition) is 18. The van der Waals surface area contributed by atoms with E-state index in [1.54, 1.807) is 20.8 Å². The molecule has 0 aromatic heterocycles. The summed E-state index contributed by atoms with van der Waals surface area (Å²) < 4.78 is 0. The Kier molecular flexibility index (Phi) is 29.9. The number of nitrogens with one attached hydrogen (secondary N) is 9. The number of aliphatic carboxylic acids is 2. The van der Waals surface area contributed by atoms with Crippen LogP contribution in [0.2, 0.25) is 0 Å². The van der Waals surface area contributed by atoms with Crippen LogP contribution >= 0.6 is 0 Å². The molecule has 0 saturated carbocycles. The first kappa shape index (κ1) is 69.4. The number of amides is 10. The van der Waals surface area contributed by atoms with E-state index < -0.39 is 170 Å². The first-order valence-corrected chi connectivity index (χ1v) is 26.9. The lowest BCUT2D eigenvalue weighted by Crippen LogP contribution is -2.67. The van der Waals surface area contributed by atoms with Crippen molar-refractivity contribution in [3.63, 3.8) is 0 Å². The van der Waals surface area contributed by atoms with Gasteiger partial charge in [0.05, 0.1) is 32.3 Å². The number of aliphatic hydroxyl groups excluding tert-OH is 3. The number of hydrogen-bond acceptors (Lipinski definition) is 18. The maximum atomic E-state index is 14.0. The van der Waals surface area contributed by atoms with Gasteiger partial charge >= 0.3 is 11.9 Å². The summed E-state index contributed by atoms with van der Waals surface area (Å²) >= 11 is 0. The van der Waals surface area contributed by atoms with Crippen molar-refractivity contribution >= 4 is 71.0 Å². The molecule has 0 aliphatic carbocycles. The molecule has 2 aliphatic heterocycles. The molecule has 24 N–H and O–H groups in total. The number of rotatable bonds is 35. The molecule has 2 heterocycles. The van der Waals surface area contributed by atoms with Crippen LogP contribution in [0, 0.1) is 5.92 Å². The van der Waals surface area contributed by atoms with Crippen LogP contribution in [-0.2, 0) is 57.5 Å². The number of carbonyl (C=O) groups is 12. The number of nitrogens with two attached hydrogens (primary N) is 2. The molecule has 2 fully saturated rings. The van der Waals surface area contributed by atoms with Crippen molar-refractivity contribution in [3.8, 4) is 0 Å². The van der Waals surface area contributed by atoms with Crippen molar-refractivity contribution < 1.29 is 94.5 Å². The van der Waals surface area contributed by atoms with Crippen LogP contribution in [0.5, 0.6) is 0 Å². The second-order valence-corrected chi connectivity index (χ2v) is 20.2. The molecule has 454 valence electrons. The van der Waals surface area contributed by atoms with Crippen molar-refractivity contribution in [1.82, 2.24) is 57.7 Å². The molecule has 0 aromatic rings. The molecule has 13 atom stereocenters. The Bertz CT molecular complexity index is 2160. The molecule has 0 bridgehead atoms. The van der Waals surface area contributed by atoms with Crippen molar-refractivity contribution in [3.05, 3.63) is 0 Å². The molecule has 2 saturated heterocycles. The van der Waals surface area contributed by atoms with Gasteiger partial charge in [-0.15, -0.1) is 0 Å². The molecule has 0 spiro atoms. The predicted octanol–water partition coefficient (Wildman–Crippen LogP) is -9.55.